The predicted octanol–water partition coefficient (Wildman–Crippen LogP) is 1.71. The lowest BCUT2D eigenvalue weighted by Gasteiger charge is -2.19. The lowest BCUT2D eigenvalue weighted by Crippen LogP contribution is -2.33. The highest BCUT2D eigenvalue weighted by Crippen LogP contribution is 2.21. The fourth-order valence-electron chi connectivity index (χ4n) is 2.61. The Morgan fingerprint density at radius 3 is 3.00 bits per heavy atom. The second kappa shape index (κ2) is 5.57. The molecule has 0 radical (unpaired) electrons. The molecule has 0 bridgehead atoms. The number of rotatable bonds is 4. The fourth-order valence-corrected chi connectivity index (χ4v) is 2.61. The molecule has 1 aliphatic rings. The molecule has 0 aromatic carbocycles. The van der Waals surface area contributed by atoms with Crippen molar-refractivity contribution < 1.29 is 4.79 Å². The molecule has 2 heterocycles. The molecule has 1 amide bonds. The Hall–Kier alpha value is -1.29. The van der Waals surface area contributed by atoms with Gasteiger partial charge in [0.15, 0.2) is 0 Å². The summed E-state index contributed by atoms with van der Waals surface area (Å²) in [4.78, 5) is 14.4. The summed E-state index contributed by atoms with van der Waals surface area (Å²) in [5.41, 5.74) is 6.72. The van der Waals surface area contributed by atoms with Gasteiger partial charge in [-0.3, -0.25) is 4.79 Å². The molecular formula is C14H23N3O. The van der Waals surface area contributed by atoms with Gasteiger partial charge in [0.1, 0.15) is 5.69 Å². The van der Waals surface area contributed by atoms with Crippen molar-refractivity contribution in [2.24, 2.45) is 11.7 Å². The van der Waals surface area contributed by atoms with Crippen LogP contribution in [0, 0.1) is 5.92 Å². The summed E-state index contributed by atoms with van der Waals surface area (Å²) in [6.45, 7) is 6.68. The number of amides is 1. The highest BCUT2D eigenvalue weighted by molar-refractivity contribution is 5.93. The van der Waals surface area contributed by atoms with Crippen LogP contribution < -0.4 is 5.73 Å². The number of carbonyl (C=O) groups excluding carboxylic acids is 1. The van der Waals surface area contributed by atoms with Crippen LogP contribution in [0.3, 0.4) is 0 Å². The van der Waals surface area contributed by atoms with Crippen LogP contribution in [0.2, 0.25) is 0 Å². The van der Waals surface area contributed by atoms with Crippen LogP contribution in [-0.4, -0.2) is 34.5 Å². The van der Waals surface area contributed by atoms with Crippen LogP contribution in [0.1, 0.15) is 37.2 Å². The van der Waals surface area contributed by atoms with Gasteiger partial charge in [0.05, 0.1) is 0 Å². The van der Waals surface area contributed by atoms with Crippen molar-refractivity contribution >= 4 is 5.91 Å². The van der Waals surface area contributed by atoms with E-state index in [9.17, 15) is 4.79 Å². The molecule has 0 saturated carbocycles. The number of carbonyl (C=O) groups is 1. The predicted molar refractivity (Wildman–Crippen MR) is 72.4 cm³/mol. The zero-order valence-corrected chi connectivity index (χ0v) is 11.3. The Morgan fingerprint density at radius 2 is 2.39 bits per heavy atom. The summed E-state index contributed by atoms with van der Waals surface area (Å²) in [6, 6.07) is 4.03. The highest BCUT2D eigenvalue weighted by Gasteiger charge is 2.29. The molecule has 1 aliphatic heterocycles. The topological polar surface area (TPSA) is 51.3 Å². The Labute approximate surface area is 109 Å². The molecule has 4 nitrogen and oxygen atoms in total. The molecule has 18 heavy (non-hydrogen) atoms. The lowest BCUT2D eigenvalue weighted by molar-refractivity contribution is 0.0775. The van der Waals surface area contributed by atoms with E-state index >= 15 is 0 Å². The zero-order valence-electron chi connectivity index (χ0n) is 11.3. The largest absolute Gasteiger partial charge is 0.344 e. The molecule has 2 rings (SSSR count). The number of likely N-dealkylation sites (tertiary alicyclic amines) is 1. The van der Waals surface area contributed by atoms with Gasteiger partial charge < -0.3 is 15.2 Å². The molecule has 2 N–H and O–H groups in total. The first-order valence-electron chi connectivity index (χ1n) is 6.83. The van der Waals surface area contributed by atoms with Gasteiger partial charge in [0, 0.05) is 31.9 Å². The molecule has 1 aromatic rings. The van der Waals surface area contributed by atoms with Crippen molar-refractivity contribution in [2.45, 2.75) is 39.3 Å². The van der Waals surface area contributed by atoms with E-state index in [0.717, 1.165) is 38.2 Å². The SMILES string of the molecule is CCCn1cccc1C(=O)N1CCC(C(C)N)C1. The van der Waals surface area contributed by atoms with Gasteiger partial charge in [0.25, 0.3) is 5.91 Å². The molecule has 1 saturated heterocycles. The lowest BCUT2D eigenvalue weighted by atomic mass is 10.0. The average molecular weight is 249 g/mol. The van der Waals surface area contributed by atoms with Crippen LogP contribution in [0.4, 0.5) is 0 Å². The van der Waals surface area contributed by atoms with Crippen LogP contribution >= 0.6 is 0 Å². The van der Waals surface area contributed by atoms with Crippen molar-refractivity contribution in [3.63, 3.8) is 0 Å². The van der Waals surface area contributed by atoms with Crippen molar-refractivity contribution in [2.75, 3.05) is 13.1 Å². The number of hydrogen-bond donors (Lipinski definition) is 1. The van der Waals surface area contributed by atoms with Gasteiger partial charge >= 0.3 is 0 Å². The second-order valence-electron chi connectivity index (χ2n) is 5.25. The first-order valence-corrected chi connectivity index (χ1v) is 6.83. The summed E-state index contributed by atoms with van der Waals surface area (Å²) in [6.07, 6.45) is 4.05. The van der Waals surface area contributed by atoms with Crippen molar-refractivity contribution in [1.82, 2.24) is 9.47 Å². The van der Waals surface area contributed by atoms with Crippen molar-refractivity contribution in [3.8, 4) is 0 Å². The third kappa shape index (κ3) is 2.58. The number of nitrogens with zero attached hydrogens (tertiary/aromatic N) is 2. The third-order valence-corrected chi connectivity index (χ3v) is 3.77. The number of aromatic nitrogens is 1. The van der Waals surface area contributed by atoms with Crippen LogP contribution in [-0.2, 0) is 6.54 Å². The second-order valence-corrected chi connectivity index (χ2v) is 5.25. The van der Waals surface area contributed by atoms with Gasteiger partial charge in [-0.1, -0.05) is 6.92 Å². The van der Waals surface area contributed by atoms with Gasteiger partial charge in [-0.15, -0.1) is 0 Å². The van der Waals surface area contributed by atoms with E-state index in [1.807, 2.05) is 34.7 Å². The Kier molecular flexibility index (Phi) is 4.07. The first kappa shape index (κ1) is 13.1. The normalized spacial score (nSPS) is 21.3. The Bertz CT molecular complexity index is 411. The minimum atomic E-state index is 0.150. The Balaban J connectivity index is 2.05. The minimum Gasteiger partial charge on any atom is -0.344 e. The van der Waals surface area contributed by atoms with E-state index in [1.165, 1.54) is 0 Å². The monoisotopic (exact) mass is 249 g/mol. The average Bonchev–Trinajstić information content (AvgIpc) is 2.97. The van der Waals surface area contributed by atoms with E-state index in [2.05, 4.69) is 6.92 Å². The van der Waals surface area contributed by atoms with Crippen molar-refractivity contribution in [3.05, 3.63) is 24.0 Å². The maximum Gasteiger partial charge on any atom is 0.270 e. The van der Waals surface area contributed by atoms with Gasteiger partial charge in [-0.05, 0) is 37.8 Å². The zero-order chi connectivity index (χ0) is 13.1. The number of aryl methyl sites for hydroxylation is 1. The van der Waals surface area contributed by atoms with Crippen LogP contribution in [0.5, 0.6) is 0 Å². The quantitative estimate of drug-likeness (QED) is 0.883. The van der Waals surface area contributed by atoms with Crippen molar-refractivity contribution in [1.29, 1.82) is 0 Å². The smallest absolute Gasteiger partial charge is 0.270 e. The summed E-state index contributed by atoms with van der Waals surface area (Å²) in [5, 5.41) is 0. The van der Waals surface area contributed by atoms with Gasteiger partial charge in [-0.2, -0.15) is 0 Å². The van der Waals surface area contributed by atoms with Gasteiger partial charge in [-0.25, -0.2) is 0 Å². The molecular weight excluding hydrogens is 226 g/mol. The van der Waals surface area contributed by atoms with Crippen LogP contribution in [0.15, 0.2) is 18.3 Å². The summed E-state index contributed by atoms with van der Waals surface area (Å²) in [5.74, 6) is 0.597. The summed E-state index contributed by atoms with van der Waals surface area (Å²) in [7, 11) is 0. The van der Waals surface area contributed by atoms with Gasteiger partial charge in [0.2, 0.25) is 0 Å². The summed E-state index contributed by atoms with van der Waals surface area (Å²) < 4.78 is 2.04. The number of hydrogen-bond acceptors (Lipinski definition) is 2. The van der Waals surface area contributed by atoms with E-state index < -0.39 is 0 Å². The molecule has 1 aromatic heterocycles. The molecule has 0 spiro atoms. The molecule has 2 atom stereocenters. The highest BCUT2D eigenvalue weighted by atomic mass is 16.2. The minimum absolute atomic E-state index is 0.150. The molecule has 2 unspecified atom stereocenters. The van der Waals surface area contributed by atoms with Crippen LogP contribution in [0.25, 0.3) is 0 Å². The van der Waals surface area contributed by atoms with E-state index in [4.69, 9.17) is 5.73 Å². The number of nitrogens with two attached hydrogens (primary N) is 1. The molecule has 4 heteroatoms. The van der Waals surface area contributed by atoms with E-state index in [1.54, 1.807) is 0 Å². The molecule has 1 fully saturated rings. The van der Waals surface area contributed by atoms with E-state index in [-0.39, 0.29) is 11.9 Å². The maximum atomic E-state index is 12.4. The molecule has 0 aliphatic carbocycles. The summed E-state index contributed by atoms with van der Waals surface area (Å²) >= 11 is 0. The third-order valence-electron chi connectivity index (χ3n) is 3.77. The van der Waals surface area contributed by atoms with E-state index in [0.29, 0.717) is 5.92 Å². The first-order chi connectivity index (χ1) is 8.63. The Morgan fingerprint density at radius 1 is 1.61 bits per heavy atom. The molecule has 100 valence electrons. The standard InChI is InChI=1S/C14H23N3O/c1-3-7-16-8-4-5-13(16)14(18)17-9-6-12(10-17)11(2)15/h4-5,8,11-12H,3,6-7,9-10,15H2,1-2H3. The maximum absolute atomic E-state index is 12.4. The fraction of sp³-hybridized carbons (Fsp3) is 0.643.